The lowest BCUT2D eigenvalue weighted by Crippen LogP contribution is -2.51. The van der Waals surface area contributed by atoms with Crippen molar-refractivity contribution in [2.75, 3.05) is 0 Å². The molecule has 2 saturated carbocycles. The van der Waals surface area contributed by atoms with Gasteiger partial charge in [-0.25, -0.2) is 0 Å². The van der Waals surface area contributed by atoms with Crippen molar-refractivity contribution >= 4 is 0 Å². The second-order valence-electron chi connectivity index (χ2n) is 9.00. The predicted molar refractivity (Wildman–Crippen MR) is 87.9 cm³/mol. The van der Waals surface area contributed by atoms with Crippen LogP contribution in [0.5, 0.6) is 0 Å². The van der Waals surface area contributed by atoms with Gasteiger partial charge in [0.15, 0.2) is 0 Å². The Morgan fingerprint density at radius 2 is 1.96 bits per heavy atom. The second kappa shape index (κ2) is 4.50. The van der Waals surface area contributed by atoms with Crippen LogP contribution in [-0.2, 0) is 11.8 Å². The van der Waals surface area contributed by atoms with E-state index < -0.39 is 0 Å². The Morgan fingerprint density at radius 1 is 1.13 bits per heavy atom. The van der Waals surface area contributed by atoms with E-state index in [0.29, 0.717) is 11.3 Å². The summed E-state index contributed by atoms with van der Waals surface area (Å²) in [5.41, 5.74) is 3.43. The molecule has 3 nitrogen and oxygen atoms in total. The van der Waals surface area contributed by atoms with Crippen molar-refractivity contribution < 1.29 is 9.63 Å². The summed E-state index contributed by atoms with van der Waals surface area (Å²) >= 11 is 0. The summed E-state index contributed by atoms with van der Waals surface area (Å²) in [5.74, 6) is 3.44. The lowest BCUT2D eigenvalue weighted by molar-refractivity contribution is -0.0215. The molecule has 4 aliphatic rings. The summed E-state index contributed by atoms with van der Waals surface area (Å²) in [5, 5.41) is 14.1. The minimum Gasteiger partial charge on any atom is -0.393 e. The van der Waals surface area contributed by atoms with Gasteiger partial charge in [0.2, 0.25) is 0 Å². The molecule has 0 unspecified atom stereocenters. The van der Waals surface area contributed by atoms with Gasteiger partial charge in [-0.2, -0.15) is 0 Å². The maximum atomic E-state index is 10.1. The Kier molecular flexibility index (Phi) is 2.79. The molecule has 0 saturated heterocycles. The fraction of sp³-hybridized carbons (Fsp3) is 0.750. The molecular weight excluding hydrogens is 286 g/mol. The highest BCUT2D eigenvalue weighted by molar-refractivity contribution is 5.35. The van der Waals surface area contributed by atoms with Crippen molar-refractivity contribution in [2.24, 2.45) is 23.2 Å². The van der Waals surface area contributed by atoms with Crippen LogP contribution in [0.2, 0.25) is 0 Å². The Hall–Kier alpha value is -1.09. The van der Waals surface area contributed by atoms with Crippen molar-refractivity contribution in [3.63, 3.8) is 0 Å². The van der Waals surface area contributed by atoms with E-state index in [1.807, 2.05) is 6.20 Å². The molecule has 0 bridgehead atoms. The summed E-state index contributed by atoms with van der Waals surface area (Å²) in [4.78, 5) is 0. The Balaban J connectivity index is 1.53. The molecule has 0 aromatic carbocycles. The van der Waals surface area contributed by atoms with Gasteiger partial charge in [0.25, 0.3) is 0 Å². The molecule has 0 spiro atoms. The molecule has 1 N–H and O–H groups in total. The monoisotopic (exact) mass is 313 g/mol. The quantitative estimate of drug-likeness (QED) is 0.736. The number of allylic oxidation sites excluding steroid dienone is 1. The summed E-state index contributed by atoms with van der Waals surface area (Å²) in [6, 6.07) is 0. The molecule has 1 heterocycles. The number of rotatable bonds is 0. The summed E-state index contributed by atoms with van der Waals surface area (Å²) in [6.07, 6.45) is 12.3. The Labute approximate surface area is 138 Å². The van der Waals surface area contributed by atoms with Crippen LogP contribution >= 0.6 is 0 Å². The molecule has 0 aliphatic heterocycles. The molecule has 1 aromatic heterocycles. The van der Waals surface area contributed by atoms with Crippen LogP contribution < -0.4 is 0 Å². The van der Waals surface area contributed by atoms with Gasteiger partial charge in [0.1, 0.15) is 5.76 Å². The average molecular weight is 313 g/mol. The van der Waals surface area contributed by atoms with Crippen LogP contribution in [-0.4, -0.2) is 16.4 Å². The third-order valence-corrected chi connectivity index (χ3v) is 8.07. The average Bonchev–Trinajstić information content (AvgIpc) is 3.09. The molecular formula is C20H27NO2. The fourth-order valence-electron chi connectivity index (χ4n) is 6.73. The molecule has 2 fully saturated rings. The first-order valence-corrected chi connectivity index (χ1v) is 9.34. The van der Waals surface area contributed by atoms with Crippen LogP contribution in [0.25, 0.3) is 0 Å². The molecule has 0 radical (unpaired) electrons. The third kappa shape index (κ3) is 1.72. The minimum absolute atomic E-state index is 0.110. The number of aliphatic hydroxyl groups is 1. The normalized spacial score (nSPS) is 48.0. The molecule has 0 amide bonds. The molecule has 5 rings (SSSR count). The second-order valence-corrected chi connectivity index (χ2v) is 9.00. The first-order chi connectivity index (χ1) is 11.0. The topological polar surface area (TPSA) is 46.3 Å². The highest BCUT2D eigenvalue weighted by Gasteiger charge is 2.58. The van der Waals surface area contributed by atoms with Crippen molar-refractivity contribution in [3.8, 4) is 0 Å². The van der Waals surface area contributed by atoms with Gasteiger partial charge >= 0.3 is 0 Å². The smallest absolute Gasteiger partial charge is 0.146 e. The number of aliphatic hydroxyl groups excluding tert-OH is 1. The van der Waals surface area contributed by atoms with E-state index in [1.165, 1.54) is 30.6 Å². The molecule has 4 aliphatic carbocycles. The van der Waals surface area contributed by atoms with E-state index in [9.17, 15) is 5.11 Å². The van der Waals surface area contributed by atoms with E-state index >= 15 is 0 Å². The minimum atomic E-state index is -0.110. The van der Waals surface area contributed by atoms with Gasteiger partial charge in [-0.1, -0.05) is 30.7 Å². The van der Waals surface area contributed by atoms with E-state index in [4.69, 9.17) is 4.52 Å². The van der Waals surface area contributed by atoms with Crippen LogP contribution in [0, 0.1) is 23.2 Å². The number of hydrogen-bond acceptors (Lipinski definition) is 3. The maximum Gasteiger partial charge on any atom is 0.146 e. The number of aromatic nitrogens is 1. The molecule has 6 atom stereocenters. The fourth-order valence-corrected chi connectivity index (χ4v) is 6.73. The first kappa shape index (κ1) is 14.3. The molecule has 3 heteroatoms. The lowest BCUT2D eigenvalue weighted by Gasteiger charge is -2.56. The number of fused-ring (bicyclic) bond motifs is 7. The van der Waals surface area contributed by atoms with E-state index in [2.05, 4.69) is 25.1 Å². The molecule has 1 aromatic rings. The van der Waals surface area contributed by atoms with E-state index in [-0.39, 0.29) is 11.5 Å². The van der Waals surface area contributed by atoms with Gasteiger partial charge in [-0.05, 0) is 68.1 Å². The van der Waals surface area contributed by atoms with Gasteiger partial charge < -0.3 is 9.63 Å². The van der Waals surface area contributed by atoms with Crippen LogP contribution in [0.4, 0.5) is 0 Å². The van der Waals surface area contributed by atoms with Gasteiger partial charge in [-0.3, -0.25) is 0 Å². The van der Waals surface area contributed by atoms with Gasteiger partial charge in [0, 0.05) is 11.0 Å². The Bertz CT molecular complexity index is 677. The predicted octanol–water partition coefficient (Wildman–Crippen LogP) is 4.01. The lowest BCUT2D eigenvalue weighted by atomic mass is 9.48. The molecule has 23 heavy (non-hydrogen) atoms. The van der Waals surface area contributed by atoms with Crippen LogP contribution in [0.15, 0.2) is 22.4 Å². The SMILES string of the molecule is C[C@]12CC[C@H](O)CC1=CC[C@@H]1[C@@H]2CC[C@]2(C)c3oncc3C[C@@H]12. The zero-order valence-electron chi connectivity index (χ0n) is 14.2. The van der Waals surface area contributed by atoms with E-state index in [0.717, 1.165) is 37.5 Å². The third-order valence-electron chi connectivity index (χ3n) is 8.07. The Morgan fingerprint density at radius 3 is 2.83 bits per heavy atom. The van der Waals surface area contributed by atoms with Gasteiger partial charge in [0.05, 0.1) is 12.3 Å². The van der Waals surface area contributed by atoms with Gasteiger partial charge in [-0.15, -0.1) is 0 Å². The highest BCUT2D eigenvalue weighted by Crippen LogP contribution is 2.64. The first-order valence-electron chi connectivity index (χ1n) is 9.34. The number of nitrogens with zero attached hydrogens (tertiary/aromatic N) is 1. The van der Waals surface area contributed by atoms with Crippen molar-refractivity contribution in [1.82, 2.24) is 5.16 Å². The molecule has 124 valence electrons. The summed E-state index contributed by atoms with van der Waals surface area (Å²) in [6.45, 7) is 4.90. The summed E-state index contributed by atoms with van der Waals surface area (Å²) < 4.78 is 5.68. The number of hydrogen-bond donors (Lipinski definition) is 1. The van der Waals surface area contributed by atoms with Crippen molar-refractivity contribution in [1.29, 1.82) is 0 Å². The zero-order valence-corrected chi connectivity index (χ0v) is 14.2. The van der Waals surface area contributed by atoms with Crippen molar-refractivity contribution in [2.45, 2.75) is 70.3 Å². The van der Waals surface area contributed by atoms with E-state index in [1.54, 1.807) is 5.57 Å². The van der Waals surface area contributed by atoms with Crippen LogP contribution in [0.3, 0.4) is 0 Å². The standard InChI is InChI=1S/C20H27NO2/c1-19-7-5-14(22)10-13(19)3-4-15-16(19)6-8-20(2)17(15)9-12-11-21-23-18(12)20/h3,11,14-17,22H,4-10H2,1-2H3/t14-,15+,16-,17-,19-,20-/m0/s1. The maximum absolute atomic E-state index is 10.1. The zero-order chi connectivity index (χ0) is 15.8. The summed E-state index contributed by atoms with van der Waals surface area (Å²) in [7, 11) is 0. The largest absolute Gasteiger partial charge is 0.393 e. The highest BCUT2D eigenvalue weighted by atomic mass is 16.5. The van der Waals surface area contributed by atoms with Crippen LogP contribution in [0.1, 0.15) is 63.7 Å². The van der Waals surface area contributed by atoms with Crippen molar-refractivity contribution in [3.05, 3.63) is 29.2 Å².